The Labute approximate surface area is 266 Å². The number of thioether (sulfide) groups is 1. The van der Waals surface area contributed by atoms with Crippen molar-refractivity contribution in [3.8, 4) is 0 Å². The summed E-state index contributed by atoms with van der Waals surface area (Å²) in [6, 6.07) is 33.6. The maximum Gasteiger partial charge on any atom is 0.359 e. The number of aryl methyl sites for hydroxylation is 1. The fourth-order valence-corrected chi connectivity index (χ4v) is 7.52. The predicted octanol–water partition coefficient (Wildman–Crippen LogP) is 6.19. The van der Waals surface area contributed by atoms with Crippen molar-refractivity contribution in [2.45, 2.75) is 42.7 Å². The number of amides is 1. The summed E-state index contributed by atoms with van der Waals surface area (Å²) < 4.78 is 38.2. The van der Waals surface area contributed by atoms with E-state index >= 15 is 0 Å². The highest BCUT2D eigenvalue weighted by Gasteiger charge is 2.56. The third kappa shape index (κ3) is 6.43. The quantitative estimate of drug-likeness (QED) is 0.0671. The van der Waals surface area contributed by atoms with Crippen LogP contribution in [0.5, 0.6) is 0 Å². The molecular formula is C35H30N2O6S2. The van der Waals surface area contributed by atoms with Crippen molar-refractivity contribution in [3.05, 3.63) is 149 Å². The van der Waals surface area contributed by atoms with Crippen LogP contribution in [0, 0.1) is 6.92 Å². The third-order valence-electron chi connectivity index (χ3n) is 7.49. The molecular weight excluding hydrogens is 609 g/mol. The average molecular weight is 639 g/mol. The lowest BCUT2D eigenvalue weighted by Gasteiger charge is -2.41. The number of hydrogen-bond acceptors (Lipinski definition) is 8. The van der Waals surface area contributed by atoms with Crippen LogP contribution in [-0.4, -0.2) is 41.7 Å². The van der Waals surface area contributed by atoms with Crippen molar-refractivity contribution in [2.24, 2.45) is 4.99 Å². The molecule has 0 aliphatic carbocycles. The summed E-state index contributed by atoms with van der Waals surface area (Å²) in [6.07, 6.45) is -0.297. The first kappa shape index (κ1) is 30.4. The number of allylic oxidation sites excluding steroid dienone is 1. The first-order chi connectivity index (χ1) is 21.7. The number of aliphatic imine (C=N–C) groups is 1. The largest absolute Gasteiger partial charge is 0.448 e. The summed E-state index contributed by atoms with van der Waals surface area (Å²) in [5.74, 6) is -1.60. The second kappa shape index (κ2) is 12.7. The SMILES string of the molecule is C/C(OS(=O)(=O)c1ccc(C)cc1)=C(/C(=O)OC(c1ccccc1)c1ccccc1)N1C(=O)[C@H]2N=C(Cc3ccccc3)S[C@H]21. The molecule has 0 N–H and O–H groups in total. The number of likely N-dealkylation sites (tertiary alicyclic amines) is 1. The topological polar surface area (TPSA) is 102 Å². The van der Waals surface area contributed by atoms with Gasteiger partial charge in [0, 0.05) is 6.42 Å². The number of carbonyl (C=O) groups is 2. The van der Waals surface area contributed by atoms with Gasteiger partial charge in [-0.15, -0.1) is 0 Å². The molecule has 0 bridgehead atoms. The van der Waals surface area contributed by atoms with Crippen LogP contribution in [0.25, 0.3) is 0 Å². The van der Waals surface area contributed by atoms with Crippen molar-refractivity contribution >= 4 is 38.8 Å². The summed E-state index contributed by atoms with van der Waals surface area (Å²) in [6.45, 7) is 3.19. The van der Waals surface area contributed by atoms with Gasteiger partial charge >= 0.3 is 16.1 Å². The average Bonchev–Trinajstić information content (AvgIpc) is 3.42. The van der Waals surface area contributed by atoms with Gasteiger partial charge in [0.15, 0.2) is 17.8 Å². The third-order valence-corrected chi connectivity index (χ3v) is 10.0. The first-order valence-electron chi connectivity index (χ1n) is 14.3. The fourth-order valence-electron chi connectivity index (χ4n) is 5.22. The minimum absolute atomic E-state index is 0.0804. The lowest BCUT2D eigenvalue weighted by atomic mass is 10.0. The molecule has 4 aromatic carbocycles. The van der Waals surface area contributed by atoms with Gasteiger partial charge < -0.3 is 8.92 Å². The Balaban J connectivity index is 1.35. The number of carbonyl (C=O) groups excluding carboxylic acids is 2. The van der Waals surface area contributed by atoms with Gasteiger partial charge in [0.25, 0.3) is 5.91 Å². The normalized spacial score (nSPS) is 18.1. The number of ether oxygens (including phenoxy) is 1. The highest BCUT2D eigenvalue weighted by molar-refractivity contribution is 8.14. The van der Waals surface area contributed by atoms with Crippen molar-refractivity contribution in [1.29, 1.82) is 0 Å². The van der Waals surface area contributed by atoms with Crippen molar-refractivity contribution in [3.63, 3.8) is 0 Å². The maximum atomic E-state index is 14.2. The molecule has 0 radical (unpaired) electrons. The van der Waals surface area contributed by atoms with Crippen LogP contribution < -0.4 is 0 Å². The molecule has 8 nitrogen and oxygen atoms in total. The molecule has 2 aliphatic heterocycles. The second-order valence-corrected chi connectivity index (χ2v) is 13.4. The van der Waals surface area contributed by atoms with Gasteiger partial charge in [-0.1, -0.05) is 120 Å². The Morgan fingerprint density at radius 1 is 0.867 bits per heavy atom. The van der Waals surface area contributed by atoms with Crippen LogP contribution in [0.15, 0.2) is 137 Å². The molecule has 228 valence electrons. The van der Waals surface area contributed by atoms with Crippen molar-refractivity contribution < 1.29 is 26.9 Å². The molecule has 1 fully saturated rings. The highest BCUT2D eigenvalue weighted by atomic mass is 32.2. The monoisotopic (exact) mass is 638 g/mol. The smallest absolute Gasteiger partial charge is 0.359 e. The number of rotatable bonds is 10. The van der Waals surface area contributed by atoms with Crippen LogP contribution in [0.2, 0.25) is 0 Å². The molecule has 45 heavy (non-hydrogen) atoms. The zero-order valence-electron chi connectivity index (χ0n) is 24.6. The Morgan fingerprint density at radius 3 is 2.00 bits per heavy atom. The fraction of sp³-hybridized carbons (Fsp3) is 0.171. The number of β-lactam (4-membered cyclic amide) rings is 1. The highest BCUT2D eigenvalue weighted by Crippen LogP contribution is 2.43. The second-order valence-electron chi connectivity index (χ2n) is 10.7. The van der Waals surface area contributed by atoms with E-state index in [1.54, 1.807) is 12.1 Å². The minimum Gasteiger partial charge on any atom is -0.448 e. The number of benzene rings is 4. The molecule has 10 heteroatoms. The van der Waals surface area contributed by atoms with E-state index in [-0.39, 0.29) is 16.4 Å². The molecule has 6 rings (SSSR count). The van der Waals surface area contributed by atoms with Crippen molar-refractivity contribution in [2.75, 3.05) is 0 Å². The number of hydrogen-bond donors (Lipinski definition) is 0. The lowest BCUT2D eigenvalue weighted by Crippen LogP contribution is -2.61. The van der Waals surface area contributed by atoms with Crippen LogP contribution >= 0.6 is 11.8 Å². The van der Waals surface area contributed by atoms with Crippen LogP contribution in [0.3, 0.4) is 0 Å². The molecule has 0 aromatic heterocycles. The Hall–Kier alpha value is -4.67. The molecule has 0 spiro atoms. The van der Waals surface area contributed by atoms with Crippen LogP contribution in [0.1, 0.15) is 35.3 Å². The van der Waals surface area contributed by atoms with Gasteiger partial charge in [0.1, 0.15) is 16.0 Å². The summed E-state index contributed by atoms with van der Waals surface area (Å²) >= 11 is 1.37. The van der Waals surface area contributed by atoms with E-state index < -0.39 is 39.5 Å². The van der Waals surface area contributed by atoms with Crippen LogP contribution in [-0.2, 0) is 35.0 Å². The van der Waals surface area contributed by atoms with E-state index in [2.05, 4.69) is 4.99 Å². The lowest BCUT2D eigenvalue weighted by molar-refractivity contribution is -0.153. The maximum absolute atomic E-state index is 14.2. The van der Waals surface area contributed by atoms with Gasteiger partial charge in [0.2, 0.25) is 0 Å². The van der Waals surface area contributed by atoms with E-state index in [9.17, 15) is 18.0 Å². The summed E-state index contributed by atoms with van der Waals surface area (Å²) in [7, 11) is -4.34. The van der Waals surface area contributed by atoms with E-state index in [1.165, 1.54) is 35.7 Å². The molecule has 1 saturated heterocycles. The molecule has 1 amide bonds. The number of esters is 1. The van der Waals surface area contributed by atoms with Gasteiger partial charge in [-0.05, 0) is 42.7 Å². The summed E-state index contributed by atoms with van der Waals surface area (Å²) in [5, 5.41) is 0.198. The van der Waals surface area contributed by atoms with E-state index in [0.717, 1.165) is 16.2 Å². The molecule has 0 unspecified atom stereocenters. The Bertz CT molecular complexity index is 1840. The summed E-state index contributed by atoms with van der Waals surface area (Å²) in [5.41, 5.74) is 3.05. The first-order valence-corrected chi connectivity index (χ1v) is 16.6. The standard InChI is InChI=1S/C35H30N2O6S2/c1-23-18-20-28(21-19-23)45(40,41)43-24(2)31(35(39)42-32(26-14-8-4-9-15-26)27-16-10-5-11-17-27)37-33(38)30-34(37)44-29(36-30)22-25-12-6-3-7-13-25/h3-21,30,32,34H,22H2,1-2H3/b31-24+/t30-,34-/m1/s1. The molecule has 0 saturated carbocycles. The zero-order chi connectivity index (χ0) is 31.6. The van der Waals surface area contributed by atoms with Gasteiger partial charge in [0.05, 0.1) is 5.04 Å². The van der Waals surface area contributed by atoms with Gasteiger partial charge in [-0.25, -0.2) is 4.79 Å². The molecule has 2 atom stereocenters. The number of fused-ring (bicyclic) bond motifs is 1. The van der Waals surface area contributed by atoms with Crippen molar-refractivity contribution in [1.82, 2.24) is 4.90 Å². The molecule has 2 heterocycles. The Morgan fingerprint density at radius 2 is 1.42 bits per heavy atom. The van der Waals surface area contributed by atoms with Crippen LogP contribution in [0.4, 0.5) is 0 Å². The number of nitrogens with zero attached hydrogens (tertiary/aromatic N) is 2. The molecule has 4 aromatic rings. The van der Waals surface area contributed by atoms with Gasteiger partial charge in [-0.2, -0.15) is 8.42 Å². The molecule has 2 aliphatic rings. The van der Waals surface area contributed by atoms with E-state index in [0.29, 0.717) is 17.5 Å². The van der Waals surface area contributed by atoms with E-state index in [1.807, 2.05) is 97.9 Å². The predicted molar refractivity (Wildman–Crippen MR) is 173 cm³/mol. The Kier molecular flexibility index (Phi) is 8.60. The van der Waals surface area contributed by atoms with E-state index in [4.69, 9.17) is 8.92 Å². The van der Waals surface area contributed by atoms with Gasteiger partial charge in [-0.3, -0.25) is 14.7 Å². The minimum atomic E-state index is -4.34. The zero-order valence-corrected chi connectivity index (χ0v) is 26.2. The summed E-state index contributed by atoms with van der Waals surface area (Å²) in [4.78, 5) is 33.5.